The minimum atomic E-state index is -1.65. The Balaban J connectivity index is 0.00000140. The van der Waals surface area contributed by atoms with Crippen molar-refractivity contribution in [3.63, 3.8) is 0 Å². The van der Waals surface area contributed by atoms with Gasteiger partial charge in [-0.25, -0.2) is 0 Å². The largest absolute Gasteiger partial charge is 3.00 e. The fraction of sp³-hybridized carbons (Fsp3) is 0.409. The molecule has 1 aliphatic heterocycles. The molecule has 2 nitrogen and oxygen atoms in total. The SMILES string of the molecule is CC(C)(C)Nc1cc2c([cH-]c3ccccc32)c2c1[Si]2(C)[Si](C)(C)CCO.[Cl-].[Cl-].[Ti+3]. The van der Waals surface area contributed by atoms with Crippen LogP contribution in [0, 0.1) is 0 Å². The molecule has 1 radical (unpaired) electrons. The Morgan fingerprint density at radius 3 is 2.28 bits per heavy atom. The van der Waals surface area contributed by atoms with Gasteiger partial charge in [0.05, 0.1) is 7.59 Å². The number of anilines is 1. The number of aliphatic hydroxyl groups is 1. The van der Waals surface area contributed by atoms with Gasteiger partial charge in [-0.3, -0.25) is 0 Å². The third kappa shape index (κ3) is 4.15. The zero-order valence-electron chi connectivity index (χ0n) is 18.1. The Labute approximate surface area is 203 Å². The number of hydrogen-bond donors (Lipinski definition) is 2. The molecule has 155 valence electrons. The summed E-state index contributed by atoms with van der Waals surface area (Å²) < 4.78 is 0. The van der Waals surface area contributed by atoms with Gasteiger partial charge in [-0.05, 0) is 26.8 Å². The summed E-state index contributed by atoms with van der Waals surface area (Å²) in [4.78, 5) is 0. The number of hydrogen-bond acceptors (Lipinski definition) is 2. The van der Waals surface area contributed by atoms with E-state index in [-0.39, 0.29) is 52.1 Å². The van der Waals surface area contributed by atoms with Crippen LogP contribution >= 0.6 is 0 Å². The van der Waals surface area contributed by atoms with Crippen molar-refractivity contribution in [2.45, 2.75) is 52.0 Å². The van der Waals surface area contributed by atoms with E-state index in [1.807, 2.05) is 0 Å². The molecule has 29 heavy (non-hydrogen) atoms. The molecule has 3 aromatic rings. The Morgan fingerprint density at radius 2 is 1.69 bits per heavy atom. The topological polar surface area (TPSA) is 32.3 Å². The van der Waals surface area contributed by atoms with Crippen molar-refractivity contribution in [3.05, 3.63) is 36.4 Å². The van der Waals surface area contributed by atoms with Crippen LogP contribution in [0.1, 0.15) is 20.8 Å². The second kappa shape index (κ2) is 8.74. The molecule has 1 heterocycles. The molecule has 0 saturated carbocycles. The Bertz CT molecular complexity index is 1030. The van der Waals surface area contributed by atoms with E-state index in [9.17, 15) is 5.11 Å². The van der Waals surface area contributed by atoms with Gasteiger partial charge >= 0.3 is 21.7 Å². The third-order valence-electron chi connectivity index (χ3n) is 6.46. The number of nitrogens with one attached hydrogen (secondary N) is 1. The minimum Gasteiger partial charge on any atom is -1.00 e. The van der Waals surface area contributed by atoms with Crippen LogP contribution in [0.3, 0.4) is 0 Å². The molecule has 0 aromatic heterocycles. The molecule has 0 saturated heterocycles. The second-order valence-corrected chi connectivity index (χ2v) is 24.3. The van der Waals surface area contributed by atoms with Crippen LogP contribution in [0.2, 0.25) is 25.7 Å². The summed E-state index contributed by atoms with van der Waals surface area (Å²) >= 11 is 0. The third-order valence-corrected chi connectivity index (χ3v) is 23.8. The van der Waals surface area contributed by atoms with Gasteiger partial charge in [-0.15, -0.1) is 38.9 Å². The van der Waals surface area contributed by atoms with Gasteiger partial charge in [0.25, 0.3) is 0 Å². The van der Waals surface area contributed by atoms with Gasteiger partial charge in [0, 0.05) is 25.4 Å². The monoisotopic (exact) mass is 498 g/mol. The molecule has 7 heteroatoms. The predicted molar refractivity (Wildman–Crippen MR) is 121 cm³/mol. The van der Waals surface area contributed by atoms with Crippen molar-refractivity contribution < 1.29 is 51.6 Å². The molecule has 1 unspecified atom stereocenters. The number of aliphatic hydroxyl groups excluding tert-OH is 1. The standard InChI is InChI=1S/C22H30NOSi2.2ClH.Ti/c1-22(2,3)23-19-14-17-16-10-8-7-9-15(16)13-18(17)20-21(19)26(20,6)25(4,5)12-11-24;;;/h7-10,13-14,23-24H,11-12H2,1-6H3;2*1H;/q-1;;;+3/p-2. The van der Waals surface area contributed by atoms with E-state index in [0.29, 0.717) is 6.61 Å². The van der Waals surface area contributed by atoms with Gasteiger partial charge in [-0.1, -0.05) is 49.1 Å². The molecule has 0 spiro atoms. The van der Waals surface area contributed by atoms with E-state index < -0.39 is 15.2 Å². The zero-order chi connectivity index (χ0) is 18.9. The fourth-order valence-electron chi connectivity index (χ4n) is 4.72. The molecule has 3 aromatic carbocycles. The van der Waals surface area contributed by atoms with Crippen molar-refractivity contribution in [1.29, 1.82) is 0 Å². The van der Waals surface area contributed by atoms with Crippen LogP contribution in [-0.2, 0) is 21.7 Å². The van der Waals surface area contributed by atoms with Gasteiger partial charge < -0.3 is 35.2 Å². The summed E-state index contributed by atoms with van der Waals surface area (Å²) in [5, 5.41) is 22.4. The van der Waals surface area contributed by atoms with E-state index in [1.54, 1.807) is 10.4 Å². The molecular formula is C22H30Cl2NOSi2Ti. The van der Waals surface area contributed by atoms with Crippen molar-refractivity contribution in [2.24, 2.45) is 0 Å². The average Bonchev–Trinajstić information content (AvgIpc) is 3.03. The summed E-state index contributed by atoms with van der Waals surface area (Å²) in [6.45, 7) is 14.6. The smallest absolute Gasteiger partial charge is 1.00 e. The summed E-state index contributed by atoms with van der Waals surface area (Å²) in [6.07, 6.45) is 0. The maximum atomic E-state index is 9.70. The normalized spacial score (nSPS) is 17.8. The average molecular weight is 499 g/mol. The predicted octanol–water partition coefficient (Wildman–Crippen LogP) is -1.79. The second-order valence-electron chi connectivity index (χ2n) is 9.72. The van der Waals surface area contributed by atoms with Gasteiger partial charge in [-0.2, -0.15) is 0 Å². The Morgan fingerprint density at radius 1 is 1.07 bits per heavy atom. The van der Waals surface area contributed by atoms with Gasteiger partial charge in [0.15, 0.2) is 0 Å². The van der Waals surface area contributed by atoms with Gasteiger partial charge in [0.2, 0.25) is 0 Å². The molecule has 2 N–H and O–H groups in total. The minimum absolute atomic E-state index is 0. The zero-order valence-corrected chi connectivity index (χ0v) is 23.2. The van der Waals surface area contributed by atoms with Crippen molar-refractivity contribution in [1.82, 2.24) is 0 Å². The van der Waals surface area contributed by atoms with E-state index >= 15 is 0 Å². The van der Waals surface area contributed by atoms with Crippen LogP contribution in [-0.4, -0.2) is 32.4 Å². The summed E-state index contributed by atoms with van der Waals surface area (Å²) in [5.41, 5.74) is 1.40. The number of fused-ring (bicyclic) bond motifs is 5. The van der Waals surface area contributed by atoms with Crippen LogP contribution in [0.4, 0.5) is 5.69 Å². The van der Waals surface area contributed by atoms with Crippen LogP contribution in [0.5, 0.6) is 0 Å². The number of rotatable bonds is 4. The molecule has 0 bridgehead atoms. The molecule has 4 rings (SSSR count). The van der Waals surface area contributed by atoms with Crippen LogP contribution < -0.4 is 40.5 Å². The van der Waals surface area contributed by atoms with Crippen molar-refractivity contribution in [2.75, 3.05) is 11.9 Å². The molecule has 1 atom stereocenters. The molecule has 0 amide bonds. The van der Waals surface area contributed by atoms with E-state index in [0.717, 1.165) is 6.04 Å². The maximum absolute atomic E-state index is 9.70. The number of benzene rings is 2. The number of halogens is 2. The summed E-state index contributed by atoms with van der Waals surface area (Å²) in [6, 6.07) is 14.6. The maximum Gasteiger partial charge on any atom is 3.00 e. The first-order valence-corrected chi connectivity index (χ1v) is 16.4. The molecule has 0 aliphatic carbocycles. The van der Waals surface area contributed by atoms with E-state index in [1.165, 1.54) is 27.2 Å². The Hall–Kier alpha value is -0.202. The van der Waals surface area contributed by atoms with Crippen LogP contribution in [0.25, 0.3) is 21.5 Å². The van der Waals surface area contributed by atoms with Crippen LogP contribution in [0.15, 0.2) is 36.4 Å². The van der Waals surface area contributed by atoms with Gasteiger partial charge in [0.1, 0.15) is 0 Å². The summed E-state index contributed by atoms with van der Waals surface area (Å²) in [7, 11) is -3.17. The first-order chi connectivity index (χ1) is 12.1. The van der Waals surface area contributed by atoms with Crippen molar-refractivity contribution >= 4 is 52.8 Å². The molecule has 1 aliphatic rings. The van der Waals surface area contributed by atoms with E-state index in [2.05, 4.69) is 82.1 Å². The van der Waals surface area contributed by atoms with E-state index in [4.69, 9.17) is 0 Å². The Kier molecular flexibility index (Phi) is 8.08. The van der Waals surface area contributed by atoms with Crippen molar-refractivity contribution in [3.8, 4) is 0 Å². The molecule has 0 fully saturated rings. The quantitative estimate of drug-likeness (QED) is 0.329. The first kappa shape index (κ1) is 26.8. The summed E-state index contributed by atoms with van der Waals surface area (Å²) in [5.74, 6) is 0. The fourth-order valence-corrected chi connectivity index (χ4v) is 17.8. The first-order valence-electron chi connectivity index (χ1n) is 9.65. The molecular weight excluding hydrogens is 469 g/mol.